The number of nitrogens with zero attached hydrogens (tertiary/aromatic N) is 1. The zero-order valence-corrected chi connectivity index (χ0v) is 17.2. The predicted octanol–water partition coefficient (Wildman–Crippen LogP) is 3.58. The van der Waals surface area contributed by atoms with Gasteiger partial charge in [-0.25, -0.2) is 0 Å². The monoisotopic (exact) mass is 386 g/mol. The van der Waals surface area contributed by atoms with Crippen molar-refractivity contribution in [3.63, 3.8) is 0 Å². The van der Waals surface area contributed by atoms with E-state index < -0.39 is 6.10 Å². The molecule has 1 saturated carbocycles. The van der Waals surface area contributed by atoms with Crippen LogP contribution in [0.15, 0.2) is 24.5 Å². The van der Waals surface area contributed by atoms with E-state index in [9.17, 15) is 15.0 Å². The summed E-state index contributed by atoms with van der Waals surface area (Å²) in [4.78, 5) is 15.1. The molecule has 1 aliphatic heterocycles. The molecular weight excluding hydrogens is 352 g/mol. The summed E-state index contributed by atoms with van der Waals surface area (Å²) in [5.41, 5.74) is 4.43. The van der Waals surface area contributed by atoms with Crippen molar-refractivity contribution in [1.29, 1.82) is 0 Å². The minimum Gasteiger partial charge on any atom is -0.515 e. The predicted molar refractivity (Wildman–Crippen MR) is 112 cm³/mol. The first-order valence-corrected chi connectivity index (χ1v) is 10.6. The second-order valence-corrected chi connectivity index (χ2v) is 8.39. The molecule has 1 fully saturated rings. The number of hydrogen-bond donors (Lipinski definition) is 3. The highest BCUT2D eigenvalue weighted by molar-refractivity contribution is 5.79. The summed E-state index contributed by atoms with van der Waals surface area (Å²) in [6.07, 6.45) is 7.63. The fraction of sp³-hybridized carbons (Fsp3) is 0.609. The van der Waals surface area contributed by atoms with Crippen molar-refractivity contribution in [2.75, 3.05) is 19.6 Å². The summed E-state index contributed by atoms with van der Waals surface area (Å²) >= 11 is 0. The number of fused-ring (bicyclic) bond motifs is 1. The lowest BCUT2D eigenvalue weighted by molar-refractivity contribution is -0.134. The van der Waals surface area contributed by atoms with Crippen LogP contribution in [0.25, 0.3) is 5.57 Å². The Morgan fingerprint density at radius 1 is 1.32 bits per heavy atom. The van der Waals surface area contributed by atoms with Crippen molar-refractivity contribution in [3.8, 4) is 0 Å². The molecule has 5 heteroatoms. The number of carbonyl (C=O) groups is 1. The van der Waals surface area contributed by atoms with E-state index in [1.807, 2.05) is 6.92 Å². The second kappa shape index (κ2) is 9.57. The maximum absolute atomic E-state index is 13.0. The zero-order valence-electron chi connectivity index (χ0n) is 17.2. The number of nitrogens with one attached hydrogen (secondary N) is 1. The summed E-state index contributed by atoms with van der Waals surface area (Å²) in [5, 5.41) is 22.0. The molecular formula is C23H34N2O3. The largest absolute Gasteiger partial charge is 0.515 e. The van der Waals surface area contributed by atoms with Gasteiger partial charge in [-0.2, -0.15) is 0 Å². The van der Waals surface area contributed by atoms with E-state index in [-0.39, 0.29) is 18.5 Å². The molecule has 5 nitrogen and oxygen atoms in total. The van der Waals surface area contributed by atoms with E-state index >= 15 is 0 Å². The van der Waals surface area contributed by atoms with E-state index in [2.05, 4.69) is 28.4 Å². The van der Waals surface area contributed by atoms with Gasteiger partial charge in [0.2, 0.25) is 5.91 Å². The lowest BCUT2D eigenvalue weighted by Gasteiger charge is -2.43. The Balaban J connectivity index is 1.89. The second-order valence-electron chi connectivity index (χ2n) is 8.39. The average molecular weight is 387 g/mol. The summed E-state index contributed by atoms with van der Waals surface area (Å²) in [7, 11) is 0. The first kappa shape index (κ1) is 20.9. The molecule has 1 aromatic rings. The quantitative estimate of drug-likeness (QED) is 0.654. The molecule has 0 spiro atoms. The molecule has 1 aliphatic carbocycles. The standard InChI is InChI=1S/C23H34N2O3/c1-16(15-26)20-9-8-18-10-11-25(22(28)14-24-13-17(2)27)23(21(18)12-20)19-6-4-3-5-7-19/h8-9,12,15,17,19,23-24,26-27H,3-7,10-11,13-14H2,1-2H3/b16-15-. The van der Waals surface area contributed by atoms with Crippen LogP contribution in [0, 0.1) is 5.92 Å². The molecule has 1 amide bonds. The number of benzene rings is 1. The van der Waals surface area contributed by atoms with E-state index in [4.69, 9.17) is 0 Å². The maximum Gasteiger partial charge on any atom is 0.237 e. The summed E-state index contributed by atoms with van der Waals surface area (Å²) in [6.45, 7) is 5.06. The van der Waals surface area contributed by atoms with Gasteiger partial charge in [-0.15, -0.1) is 0 Å². The molecule has 0 aromatic heterocycles. The van der Waals surface area contributed by atoms with Gasteiger partial charge < -0.3 is 20.4 Å². The van der Waals surface area contributed by atoms with Crippen molar-refractivity contribution in [3.05, 3.63) is 41.2 Å². The smallest absolute Gasteiger partial charge is 0.237 e. The summed E-state index contributed by atoms with van der Waals surface area (Å²) in [6, 6.07) is 6.53. The Morgan fingerprint density at radius 3 is 2.75 bits per heavy atom. The number of hydrogen-bond acceptors (Lipinski definition) is 4. The van der Waals surface area contributed by atoms with Gasteiger partial charge in [0.15, 0.2) is 0 Å². The Kier molecular flexibility index (Phi) is 7.13. The molecule has 2 atom stereocenters. The number of aliphatic hydroxyl groups excluding tert-OH is 2. The molecule has 1 aromatic carbocycles. The van der Waals surface area contributed by atoms with Crippen LogP contribution < -0.4 is 5.32 Å². The molecule has 154 valence electrons. The third-order valence-corrected chi connectivity index (χ3v) is 6.20. The number of allylic oxidation sites excluding steroid dienone is 1. The highest BCUT2D eigenvalue weighted by Gasteiger charge is 2.36. The minimum absolute atomic E-state index is 0.108. The Bertz CT molecular complexity index is 708. The zero-order chi connectivity index (χ0) is 20.1. The van der Waals surface area contributed by atoms with Crippen molar-refractivity contribution >= 4 is 11.5 Å². The first-order valence-electron chi connectivity index (χ1n) is 10.6. The molecule has 0 radical (unpaired) electrons. The summed E-state index contributed by atoms with van der Waals surface area (Å²) in [5.74, 6) is 0.601. The van der Waals surface area contributed by atoms with E-state index in [0.29, 0.717) is 12.5 Å². The van der Waals surface area contributed by atoms with Gasteiger partial charge in [-0.3, -0.25) is 4.79 Å². The molecule has 3 rings (SSSR count). The first-order chi connectivity index (χ1) is 13.5. The van der Waals surface area contributed by atoms with E-state index in [1.54, 1.807) is 6.92 Å². The number of aliphatic hydroxyl groups is 2. The fourth-order valence-electron chi connectivity index (χ4n) is 4.69. The molecule has 0 saturated heterocycles. The maximum atomic E-state index is 13.0. The number of rotatable bonds is 6. The third kappa shape index (κ3) is 4.76. The SMILES string of the molecule is C/C(=C/O)c1ccc2c(c1)C(C1CCCCC1)N(C(=O)CNCC(C)O)CC2. The van der Waals surface area contributed by atoms with Crippen LogP contribution in [0.2, 0.25) is 0 Å². The number of carbonyl (C=O) groups excluding carboxylic acids is 1. The van der Waals surface area contributed by atoms with Gasteiger partial charge in [-0.1, -0.05) is 31.4 Å². The highest BCUT2D eigenvalue weighted by atomic mass is 16.3. The Hall–Kier alpha value is -1.85. The molecule has 28 heavy (non-hydrogen) atoms. The van der Waals surface area contributed by atoms with Crippen LogP contribution in [0.4, 0.5) is 0 Å². The summed E-state index contributed by atoms with van der Waals surface area (Å²) < 4.78 is 0. The Labute approximate surface area is 168 Å². The van der Waals surface area contributed by atoms with Crippen molar-refractivity contribution in [2.24, 2.45) is 5.92 Å². The fourth-order valence-corrected chi connectivity index (χ4v) is 4.69. The van der Waals surface area contributed by atoms with Crippen molar-refractivity contribution in [2.45, 2.75) is 64.5 Å². The third-order valence-electron chi connectivity index (χ3n) is 6.20. The molecule has 2 unspecified atom stereocenters. The molecule has 2 aliphatic rings. The van der Waals surface area contributed by atoms with Gasteiger partial charge in [0.25, 0.3) is 0 Å². The van der Waals surface area contributed by atoms with Gasteiger partial charge in [-0.05, 0) is 67.4 Å². The van der Waals surface area contributed by atoms with Crippen LogP contribution in [-0.4, -0.2) is 46.8 Å². The van der Waals surface area contributed by atoms with Gasteiger partial charge in [0.1, 0.15) is 0 Å². The van der Waals surface area contributed by atoms with E-state index in [1.165, 1.54) is 30.4 Å². The normalized spacial score (nSPS) is 22.0. The average Bonchev–Trinajstić information content (AvgIpc) is 2.72. The molecule has 1 heterocycles. The van der Waals surface area contributed by atoms with Crippen molar-refractivity contribution < 1.29 is 15.0 Å². The van der Waals surface area contributed by atoms with Crippen LogP contribution in [-0.2, 0) is 11.2 Å². The molecule has 0 bridgehead atoms. The van der Waals surface area contributed by atoms with Crippen LogP contribution >= 0.6 is 0 Å². The molecule has 3 N–H and O–H groups in total. The van der Waals surface area contributed by atoms with Gasteiger partial charge in [0.05, 0.1) is 25.0 Å². The van der Waals surface area contributed by atoms with Crippen LogP contribution in [0.5, 0.6) is 0 Å². The lowest BCUT2D eigenvalue weighted by atomic mass is 9.76. The lowest BCUT2D eigenvalue weighted by Crippen LogP contribution is -2.47. The van der Waals surface area contributed by atoms with Crippen LogP contribution in [0.3, 0.4) is 0 Å². The topological polar surface area (TPSA) is 72.8 Å². The highest BCUT2D eigenvalue weighted by Crippen LogP contribution is 2.42. The minimum atomic E-state index is -0.458. The van der Waals surface area contributed by atoms with Gasteiger partial charge in [0, 0.05) is 13.1 Å². The Morgan fingerprint density at radius 2 is 2.07 bits per heavy atom. The van der Waals surface area contributed by atoms with E-state index in [0.717, 1.165) is 43.2 Å². The number of amides is 1. The van der Waals surface area contributed by atoms with Gasteiger partial charge >= 0.3 is 0 Å². The van der Waals surface area contributed by atoms with Crippen LogP contribution in [0.1, 0.15) is 68.7 Å². The van der Waals surface area contributed by atoms with Crippen molar-refractivity contribution in [1.82, 2.24) is 10.2 Å².